The molecule has 0 spiro atoms. The maximum absolute atomic E-state index is 12.1. The predicted octanol–water partition coefficient (Wildman–Crippen LogP) is 1.77. The molecule has 2 rings (SSSR count). The highest BCUT2D eigenvalue weighted by molar-refractivity contribution is 6.33. The molecule has 0 aliphatic carbocycles. The van der Waals surface area contributed by atoms with Crippen LogP contribution in [0.5, 0.6) is 0 Å². The van der Waals surface area contributed by atoms with Crippen molar-refractivity contribution in [2.24, 2.45) is 0 Å². The highest BCUT2D eigenvalue weighted by Crippen LogP contribution is 2.25. The Hall–Kier alpha value is -1.33. The van der Waals surface area contributed by atoms with Gasteiger partial charge >= 0.3 is 0 Å². The molecule has 21 heavy (non-hydrogen) atoms. The van der Waals surface area contributed by atoms with Gasteiger partial charge in [-0.15, -0.1) is 0 Å². The first-order valence-electron chi connectivity index (χ1n) is 7.38. The Morgan fingerprint density at radius 1 is 1.29 bits per heavy atom. The fourth-order valence-electron chi connectivity index (χ4n) is 2.55. The first kappa shape index (κ1) is 16.0. The summed E-state index contributed by atoms with van der Waals surface area (Å²) < 4.78 is 0. The number of nitrogens with one attached hydrogen (secondary N) is 1. The number of hydrogen-bond donors (Lipinski definition) is 1. The molecule has 1 aliphatic rings. The van der Waals surface area contributed by atoms with E-state index in [1.54, 1.807) is 12.4 Å². The van der Waals surface area contributed by atoms with Crippen LogP contribution >= 0.6 is 11.6 Å². The van der Waals surface area contributed by atoms with Gasteiger partial charge in [0.2, 0.25) is 5.91 Å². The average Bonchev–Trinajstić information content (AvgIpc) is 2.46. The Morgan fingerprint density at radius 2 is 1.95 bits per heavy atom. The summed E-state index contributed by atoms with van der Waals surface area (Å²) in [5, 5.41) is 3.65. The summed E-state index contributed by atoms with van der Waals surface area (Å²) in [5.74, 6) is 0.0976. The maximum Gasteiger partial charge on any atom is 0.237 e. The molecule has 1 fully saturated rings. The quantitative estimate of drug-likeness (QED) is 0.921. The molecule has 5 nitrogen and oxygen atoms in total. The van der Waals surface area contributed by atoms with Gasteiger partial charge in [0.05, 0.1) is 16.8 Å². The number of hydrogen-bond acceptors (Lipinski definition) is 4. The summed E-state index contributed by atoms with van der Waals surface area (Å²) >= 11 is 6.18. The third kappa shape index (κ3) is 4.08. The number of anilines is 1. The van der Waals surface area contributed by atoms with Crippen LogP contribution in [0, 0.1) is 0 Å². The Morgan fingerprint density at radius 3 is 2.52 bits per heavy atom. The zero-order valence-electron chi connectivity index (χ0n) is 12.8. The van der Waals surface area contributed by atoms with Crippen LogP contribution < -0.4 is 10.2 Å². The van der Waals surface area contributed by atoms with E-state index in [4.69, 9.17) is 11.6 Å². The summed E-state index contributed by atoms with van der Waals surface area (Å²) in [5.41, 5.74) is 1.02. The molecule has 1 aliphatic heterocycles. The van der Waals surface area contributed by atoms with E-state index in [1.807, 2.05) is 26.8 Å². The number of rotatable bonds is 4. The molecule has 0 unspecified atom stereocenters. The molecular weight excluding hydrogens is 288 g/mol. The van der Waals surface area contributed by atoms with Gasteiger partial charge in [-0.3, -0.25) is 14.7 Å². The van der Waals surface area contributed by atoms with E-state index < -0.39 is 0 Å². The third-order valence-electron chi connectivity index (χ3n) is 3.76. The van der Waals surface area contributed by atoms with E-state index in [-0.39, 0.29) is 18.0 Å². The van der Waals surface area contributed by atoms with Gasteiger partial charge in [-0.2, -0.15) is 0 Å². The normalized spacial score (nSPS) is 17.9. The summed E-state index contributed by atoms with van der Waals surface area (Å²) in [6, 6.07) is 2.02. The number of nitrogens with zero attached hydrogens (tertiary/aromatic N) is 3. The molecule has 1 saturated heterocycles. The number of carbonyl (C=O) groups excluding carboxylic acids is 1. The van der Waals surface area contributed by atoms with Gasteiger partial charge in [-0.25, -0.2) is 0 Å². The maximum atomic E-state index is 12.1. The van der Waals surface area contributed by atoms with Gasteiger partial charge in [-0.05, 0) is 26.8 Å². The SMILES string of the molecule is CC(C)NC(=O)[C@H](C)N1CCN(c2ccncc2Cl)CC1. The van der Waals surface area contributed by atoms with Crippen molar-refractivity contribution in [1.82, 2.24) is 15.2 Å². The second-order valence-corrected chi connectivity index (χ2v) is 6.10. The van der Waals surface area contributed by atoms with Gasteiger partial charge in [0.25, 0.3) is 0 Å². The monoisotopic (exact) mass is 310 g/mol. The number of aromatic nitrogens is 1. The van der Waals surface area contributed by atoms with Gasteiger partial charge in [0, 0.05) is 44.6 Å². The van der Waals surface area contributed by atoms with Crippen LogP contribution in [-0.2, 0) is 4.79 Å². The first-order valence-corrected chi connectivity index (χ1v) is 7.75. The van der Waals surface area contributed by atoms with Crippen LogP contribution in [0.1, 0.15) is 20.8 Å². The first-order chi connectivity index (χ1) is 9.99. The number of carbonyl (C=O) groups is 1. The van der Waals surface area contributed by atoms with Crippen molar-refractivity contribution in [3.8, 4) is 0 Å². The molecule has 1 amide bonds. The zero-order valence-corrected chi connectivity index (χ0v) is 13.6. The fraction of sp³-hybridized carbons (Fsp3) is 0.600. The highest BCUT2D eigenvalue weighted by Gasteiger charge is 2.26. The van der Waals surface area contributed by atoms with E-state index in [1.165, 1.54) is 0 Å². The average molecular weight is 311 g/mol. The molecule has 116 valence electrons. The summed E-state index contributed by atoms with van der Waals surface area (Å²) in [7, 11) is 0. The third-order valence-corrected chi connectivity index (χ3v) is 4.06. The van der Waals surface area contributed by atoms with E-state index in [9.17, 15) is 4.79 Å². The lowest BCUT2D eigenvalue weighted by atomic mass is 10.2. The standard InChI is InChI=1S/C15H23ClN4O/c1-11(2)18-15(21)12(3)19-6-8-20(9-7-19)14-4-5-17-10-13(14)16/h4-5,10-12H,6-9H2,1-3H3,(H,18,21)/t12-/m0/s1. The molecule has 0 aromatic carbocycles. The molecule has 0 radical (unpaired) electrons. The van der Waals surface area contributed by atoms with Gasteiger partial charge in [-0.1, -0.05) is 11.6 Å². The largest absolute Gasteiger partial charge is 0.368 e. The number of pyridine rings is 1. The molecular formula is C15H23ClN4O. The predicted molar refractivity (Wildman–Crippen MR) is 85.8 cm³/mol. The van der Waals surface area contributed by atoms with Crippen LogP contribution in [0.25, 0.3) is 0 Å². The molecule has 1 aromatic heterocycles. The van der Waals surface area contributed by atoms with Crippen molar-refractivity contribution < 1.29 is 4.79 Å². The minimum Gasteiger partial charge on any atom is -0.368 e. The van der Waals surface area contributed by atoms with Crippen molar-refractivity contribution in [3.05, 3.63) is 23.5 Å². The van der Waals surface area contributed by atoms with Crippen LogP contribution in [0.3, 0.4) is 0 Å². The molecule has 1 atom stereocenters. The van der Waals surface area contributed by atoms with E-state index >= 15 is 0 Å². The minimum atomic E-state index is -0.0949. The second-order valence-electron chi connectivity index (χ2n) is 5.69. The Bertz CT molecular complexity index is 486. The van der Waals surface area contributed by atoms with E-state index in [2.05, 4.69) is 20.1 Å². The summed E-state index contributed by atoms with van der Waals surface area (Å²) in [4.78, 5) is 20.5. The molecule has 0 saturated carbocycles. The Labute approximate surface area is 131 Å². The topological polar surface area (TPSA) is 48.5 Å². The van der Waals surface area contributed by atoms with Crippen LogP contribution in [-0.4, -0.2) is 54.1 Å². The smallest absolute Gasteiger partial charge is 0.237 e. The van der Waals surface area contributed by atoms with Crippen LogP contribution in [0.2, 0.25) is 5.02 Å². The lowest BCUT2D eigenvalue weighted by Crippen LogP contribution is -2.54. The molecule has 0 bridgehead atoms. The van der Waals surface area contributed by atoms with Crippen molar-refractivity contribution in [1.29, 1.82) is 0 Å². The lowest BCUT2D eigenvalue weighted by Gasteiger charge is -2.38. The minimum absolute atomic E-state index is 0.0949. The van der Waals surface area contributed by atoms with Crippen molar-refractivity contribution in [2.45, 2.75) is 32.9 Å². The zero-order chi connectivity index (χ0) is 15.4. The van der Waals surface area contributed by atoms with E-state index in [0.29, 0.717) is 5.02 Å². The highest BCUT2D eigenvalue weighted by atomic mass is 35.5. The van der Waals surface area contributed by atoms with Gasteiger partial charge < -0.3 is 10.2 Å². The number of piperazine rings is 1. The van der Waals surface area contributed by atoms with Crippen LogP contribution in [0.15, 0.2) is 18.5 Å². The number of halogens is 1. The fourth-order valence-corrected chi connectivity index (χ4v) is 2.78. The van der Waals surface area contributed by atoms with Gasteiger partial charge in [0.1, 0.15) is 0 Å². The molecule has 1 N–H and O–H groups in total. The van der Waals surface area contributed by atoms with Crippen molar-refractivity contribution >= 4 is 23.2 Å². The van der Waals surface area contributed by atoms with E-state index in [0.717, 1.165) is 31.9 Å². The molecule has 6 heteroatoms. The summed E-state index contributed by atoms with van der Waals surface area (Å²) in [6.07, 6.45) is 3.42. The Kier molecular flexibility index (Phi) is 5.42. The molecule has 1 aromatic rings. The second kappa shape index (κ2) is 7.09. The van der Waals surface area contributed by atoms with Gasteiger partial charge in [0.15, 0.2) is 0 Å². The lowest BCUT2D eigenvalue weighted by molar-refractivity contribution is -0.126. The Balaban J connectivity index is 1.91. The summed E-state index contributed by atoms with van der Waals surface area (Å²) in [6.45, 7) is 9.36. The van der Waals surface area contributed by atoms with Crippen molar-refractivity contribution in [2.75, 3.05) is 31.1 Å². The number of amides is 1. The molecule has 2 heterocycles. The van der Waals surface area contributed by atoms with Crippen LogP contribution in [0.4, 0.5) is 5.69 Å². The van der Waals surface area contributed by atoms with Crippen molar-refractivity contribution in [3.63, 3.8) is 0 Å².